The van der Waals surface area contributed by atoms with Crippen molar-refractivity contribution in [3.05, 3.63) is 58.1 Å². The maximum atomic E-state index is 12.9. The second-order valence-electron chi connectivity index (χ2n) is 7.76. The van der Waals surface area contributed by atoms with Crippen molar-refractivity contribution >= 4 is 33.2 Å². The Bertz CT molecular complexity index is 1180. The summed E-state index contributed by atoms with van der Waals surface area (Å²) in [5, 5.41) is 13.8. The molecule has 1 saturated heterocycles. The van der Waals surface area contributed by atoms with E-state index >= 15 is 0 Å². The number of ether oxygens (including phenoxy) is 1. The van der Waals surface area contributed by atoms with E-state index in [1.165, 1.54) is 43.5 Å². The molecule has 0 spiro atoms. The van der Waals surface area contributed by atoms with Crippen LogP contribution in [0.1, 0.15) is 30.1 Å². The summed E-state index contributed by atoms with van der Waals surface area (Å²) in [7, 11) is -2.80. The minimum absolute atomic E-state index is 0.0795. The maximum absolute atomic E-state index is 12.9. The Hall–Kier alpha value is -3.67. The molecule has 1 unspecified atom stereocenters. The molecule has 3 rings (SSSR count). The van der Waals surface area contributed by atoms with Crippen molar-refractivity contribution in [2.24, 2.45) is 5.92 Å². The Morgan fingerprint density at radius 3 is 2.53 bits per heavy atom. The summed E-state index contributed by atoms with van der Waals surface area (Å²) in [6.45, 7) is 3.18. The van der Waals surface area contributed by atoms with Gasteiger partial charge in [-0.1, -0.05) is 0 Å². The van der Waals surface area contributed by atoms with E-state index in [9.17, 15) is 28.1 Å². The number of piperidine rings is 1. The lowest BCUT2D eigenvalue weighted by Gasteiger charge is -2.32. The highest BCUT2D eigenvalue weighted by Crippen LogP contribution is 2.31. The molecule has 2 aromatic carbocycles. The number of methoxy groups -OCH3 is 1. The number of sulfonamides is 1. The van der Waals surface area contributed by atoms with Crippen LogP contribution < -0.4 is 14.8 Å². The molecule has 2 N–H and O–H groups in total. The third-order valence-corrected chi connectivity index (χ3v) is 6.86. The van der Waals surface area contributed by atoms with Crippen LogP contribution in [-0.4, -0.2) is 56.8 Å². The van der Waals surface area contributed by atoms with Gasteiger partial charge in [0.05, 0.1) is 28.5 Å². The number of amides is 2. The van der Waals surface area contributed by atoms with Crippen molar-refractivity contribution < 1.29 is 27.7 Å². The monoisotopic (exact) mass is 490 g/mol. The molecule has 1 aliphatic rings. The van der Waals surface area contributed by atoms with Crippen molar-refractivity contribution in [1.82, 2.24) is 10.2 Å². The smallest absolute Gasteiger partial charge is 0.271 e. The average Bonchev–Trinajstić information content (AvgIpc) is 2.83. The van der Waals surface area contributed by atoms with Gasteiger partial charge in [-0.15, -0.1) is 0 Å². The molecular formula is C22H26N4O7S. The molecular weight excluding hydrogens is 464 g/mol. The molecule has 34 heavy (non-hydrogen) atoms. The highest BCUT2D eigenvalue weighted by atomic mass is 32.2. The molecule has 0 radical (unpaired) electrons. The largest absolute Gasteiger partial charge is 0.495 e. The molecule has 1 atom stereocenters. The maximum Gasteiger partial charge on any atom is 0.271 e. The van der Waals surface area contributed by atoms with E-state index < -0.39 is 14.9 Å². The van der Waals surface area contributed by atoms with Crippen LogP contribution in [-0.2, 0) is 14.8 Å². The molecule has 0 saturated carbocycles. The zero-order valence-electron chi connectivity index (χ0n) is 18.8. The minimum Gasteiger partial charge on any atom is -0.495 e. The first-order valence-corrected chi connectivity index (χ1v) is 12.2. The van der Waals surface area contributed by atoms with Crippen LogP contribution >= 0.6 is 0 Å². The summed E-state index contributed by atoms with van der Waals surface area (Å²) in [5.74, 6) is -0.519. The third-order valence-electron chi connectivity index (χ3n) is 5.48. The van der Waals surface area contributed by atoms with Crippen LogP contribution in [0.25, 0.3) is 0 Å². The quantitative estimate of drug-likeness (QED) is 0.426. The van der Waals surface area contributed by atoms with Gasteiger partial charge in [-0.3, -0.25) is 24.4 Å². The predicted molar refractivity (Wildman–Crippen MR) is 124 cm³/mol. The van der Waals surface area contributed by atoms with Crippen molar-refractivity contribution in [1.29, 1.82) is 0 Å². The molecule has 12 heteroatoms. The number of nitro groups is 1. The summed E-state index contributed by atoms with van der Waals surface area (Å²) in [6, 6.07) is 8.93. The number of nitrogens with one attached hydrogen (secondary N) is 2. The fraction of sp³-hybridized carbons (Fsp3) is 0.364. The number of anilines is 1. The summed E-state index contributed by atoms with van der Waals surface area (Å²) in [6.07, 6.45) is 1.41. The molecule has 1 aliphatic heterocycles. The Labute approximate surface area is 197 Å². The number of carbonyl (C=O) groups is 2. The van der Waals surface area contributed by atoms with Gasteiger partial charge in [-0.2, -0.15) is 0 Å². The van der Waals surface area contributed by atoms with E-state index in [2.05, 4.69) is 10.0 Å². The van der Waals surface area contributed by atoms with Crippen LogP contribution in [0.5, 0.6) is 5.75 Å². The Morgan fingerprint density at radius 1 is 1.21 bits per heavy atom. The molecule has 0 bridgehead atoms. The Balaban J connectivity index is 1.76. The molecule has 2 aromatic rings. The van der Waals surface area contributed by atoms with Crippen LogP contribution in [0.15, 0.2) is 47.4 Å². The molecule has 11 nitrogen and oxygen atoms in total. The van der Waals surface area contributed by atoms with Gasteiger partial charge in [0, 0.05) is 37.3 Å². The van der Waals surface area contributed by atoms with E-state index in [1.807, 2.05) is 6.92 Å². The number of non-ortho nitro benzene ring substituents is 1. The molecule has 0 aromatic heterocycles. The fourth-order valence-corrected chi connectivity index (χ4v) is 4.81. The number of benzene rings is 2. The van der Waals surface area contributed by atoms with Crippen LogP contribution in [0.4, 0.5) is 11.4 Å². The summed E-state index contributed by atoms with van der Waals surface area (Å²) < 4.78 is 33.1. The van der Waals surface area contributed by atoms with Crippen LogP contribution in [0.3, 0.4) is 0 Å². The van der Waals surface area contributed by atoms with Crippen molar-refractivity contribution in [3.8, 4) is 5.75 Å². The first-order valence-electron chi connectivity index (χ1n) is 10.7. The normalized spacial score (nSPS) is 15.9. The van der Waals surface area contributed by atoms with E-state index in [0.29, 0.717) is 38.0 Å². The lowest BCUT2D eigenvalue weighted by atomic mass is 9.96. The van der Waals surface area contributed by atoms with Crippen molar-refractivity contribution in [2.75, 3.05) is 31.5 Å². The zero-order valence-corrected chi connectivity index (χ0v) is 19.6. The number of nitro benzene ring substituents is 1. The molecule has 1 heterocycles. The number of likely N-dealkylation sites (tertiary alicyclic amines) is 1. The second kappa shape index (κ2) is 10.5. The SMILES string of the molecule is CCNC(=O)C1CCCN(C(=O)c2ccc(S(=O)(=O)Nc3cc([N+](=O)[O-])ccc3OC)cc2)C1. The number of hydrogen-bond acceptors (Lipinski definition) is 7. The lowest BCUT2D eigenvalue weighted by Crippen LogP contribution is -2.45. The number of rotatable bonds is 8. The Morgan fingerprint density at radius 2 is 1.91 bits per heavy atom. The van der Waals surface area contributed by atoms with Gasteiger partial charge in [-0.05, 0) is 50.1 Å². The highest BCUT2D eigenvalue weighted by molar-refractivity contribution is 7.92. The number of carbonyl (C=O) groups excluding carboxylic acids is 2. The van der Waals surface area contributed by atoms with Crippen LogP contribution in [0, 0.1) is 16.0 Å². The molecule has 0 aliphatic carbocycles. The van der Waals surface area contributed by atoms with Gasteiger partial charge in [-0.25, -0.2) is 8.42 Å². The van der Waals surface area contributed by atoms with Crippen molar-refractivity contribution in [3.63, 3.8) is 0 Å². The number of hydrogen-bond donors (Lipinski definition) is 2. The van der Waals surface area contributed by atoms with Crippen LogP contribution in [0.2, 0.25) is 0 Å². The Kier molecular flexibility index (Phi) is 7.72. The van der Waals surface area contributed by atoms with Gasteiger partial charge >= 0.3 is 0 Å². The van der Waals surface area contributed by atoms with Gasteiger partial charge in [0.15, 0.2) is 0 Å². The predicted octanol–water partition coefficient (Wildman–Crippen LogP) is 2.39. The molecule has 2 amide bonds. The van der Waals surface area contributed by atoms with Gasteiger partial charge in [0.1, 0.15) is 5.75 Å². The molecule has 1 fully saturated rings. The van der Waals surface area contributed by atoms with E-state index in [0.717, 1.165) is 6.07 Å². The highest BCUT2D eigenvalue weighted by Gasteiger charge is 2.29. The van der Waals surface area contributed by atoms with Gasteiger partial charge in [0.2, 0.25) is 5.91 Å². The lowest BCUT2D eigenvalue weighted by molar-refractivity contribution is -0.384. The standard InChI is InChI=1S/C22H26N4O7S/c1-3-23-21(27)16-5-4-12-25(14-16)22(28)15-6-9-18(10-7-15)34(31,32)24-19-13-17(26(29)30)8-11-20(19)33-2/h6-11,13,16,24H,3-5,12,14H2,1-2H3,(H,23,27). The fourth-order valence-electron chi connectivity index (χ4n) is 3.75. The topological polar surface area (TPSA) is 148 Å². The second-order valence-corrected chi connectivity index (χ2v) is 9.44. The van der Waals surface area contributed by atoms with Crippen molar-refractivity contribution in [2.45, 2.75) is 24.7 Å². The number of nitrogens with zero attached hydrogens (tertiary/aromatic N) is 2. The van der Waals surface area contributed by atoms with E-state index in [1.54, 1.807) is 4.90 Å². The minimum atomic E-state index is -4.11. The summed E-state index contributed by atoms with van der Waals surface area (Å²) in [4.78, 5) is 36.9. The van der Waals surface area contributed by atoms with Gasteiger partial charge in [0.25, 0.3) is 21.6 Å². The zero-order chi connectivity index (χ0) is 24.9. The average molecular weight is 491 g/mol. The van der Waals surface area contributed by atoms with E-state index in [-0.39, 0.29) is 39.8 Å². The summed E-state index contributed by atoms with van der Waals surface area (Å²) >= 11 is 0. The first kappa shape index (κ1) is 25.0. The van der Waals surface area contributed by atoms with E-state index in [4.69, 9.17) is 4.74 Å². The summed E-state index contributed by atoms with van der Waals surface area (Å²) in [5.41, 5.74) is -0.0862. The van der Waals surface area contributed by atoms with Gasteiger partial charge < -0.3 is 15.0 Å². The first-order chi connectivity index (χ1) is 16.2. The molecule has 182 valence electrons. The third kappa shape index (κ3) is 5.63.